The van der Waals surface area contributed by atoms with E-state index in [0.717, 1.165) is 18.4 Å². The van der Waals surface area contributed by atoms with Gasteiger partial charge < -0.3 is 0 Å². The van der Waals surface area contributed by atoms with Crippen LogP contribution in [0.3, 0.4) is 0 Å². The van der Waals surface area contributed by atoms with E-state index in [1.54, 1.807) is 6.07 Å². The normalized spacial score (nSPS) is 9.33. The van der Waals surface area contributed by atoms with Crippen LogP contribution >= 0.6 is 0 Å². The molecular weight excluding hydrogens is 153 g/mol. The Balaban J connectivity index is 2.48. The van der Waals surface area contributed by atoms with E-state index in [4.69, 9.17) is 5.26 Å². The molecule has 62 valence electrons. The zero-order chi connectivity index (χ0) is 8.81. The van der Waals surface area contributed by atoms with Gasteiger partial charge in [0.25, 0.3) is 0 Å². The van der Waals surface area contributed by atoms with Crippen molar-refractivity contribution in [3.63, 3.8) is 0 Å². The smallest absolute Gasteiger partial charge is 0.123 e. The Labute approximate surface area is 71.4 Å². The van der Waals surface area contributed by atoms with Crippen LogP contribution in [0.15, 0.2) is 24.3 Å². The molecule has 0 aliphatic carbocycles. The lowest BCUT2D eigenvalue weighted by Gasteiger charge is -1.97. The molecular formula is C10H10FN. The van der Waals surface area contributed by atoms with Crippen LogP contribution in [0.2, 0.25) is 0 Å². The monoisotopic (exact) mass is 163 g/mol. The van der Waals surface area contributed by atoms with Crippen LogP contribution in [0, 0.1) is 17.1 Å². The SMILES string of the molecule is N#CCCCc1cccc(F)c1. The maximum atomic E-state index is 12.6. The lowest BCUT2D eigenvalue weighted by Crippen LogP contribution is -1.85. The minimum absolute atomic E-state index is 0.204. The summed E-state index contributed by atoms with van der Waals surface area (Å²) in [6.07, 6.45) is 2.13. The summed E-state index contributed by atoms with van der Waals surface area (Å²) in [5.74, 6) is -0.204. The number of hydrogen-bond donors (Lipinski definition) is 0. The molecule has 0 spiro atoms. The second-order valence-corrected chi connectivity index (χ2v) is 2.64. The van der Waals surface area contributed by atoms with Gasteiger partial charge in [0.1, 0.15) is 5.82 Å². The highest BCUT2D eigenvalue weighted by Gasteiger charge is 1.94. The van der Waals surface area contributed by atoms with Crippen molar-refractivity contribution >= 4 is 0 Å². The van der Waals surface area contributed by atoms with Gasteiger partial charge in [-0.3, -0.25) is 0 Å². The number of rotatable bonds is 3. The van der Waals surface area contributed by atoms with E-state index in [-0.39, 0.29) is 5.82 Å². The molecule has 0 aliphatic heterocycles. The number of unbranched alkanes of at least 4 members (excludes halogenated alkanes) is 1. The Morgan fingerprint density at radius 3 is 2.92 bits per heavy atom. The Morgan fingerprint density at radius 2 is 2.25 bits per heavy atom. The molecule has 0 saturated heterocycles. The molecule has 0 atom stereocenters. The van der Waals surface area contributed by atoms with Crippen molar-refractivity contribution in [2.24, 2.45) is 0 Å². The second kappa shape index (κ2) is 4.50. The first-order chi connectivity index (χ1) is 5.83. The molecule has 0 aliphatic rings. The van der Waals surface area contributed by atoms with Crippen molar-refractivity contribution in [2.45, 2.75) is 19.3 Å². The molecule has 12 heavy (non-hydrogen) atoms. The van der Waals surface area contributed by atoms with E-state index < -0.39 is 0 Å². The summed E-state index contributed by atoms with van der Waals surface area (Å²) in [6, 6.07) is 8.56. The van der Waals surface area contributed by atoms with Crippen molar-refractivity contribution in [3.8, 4) is 6.07 Å². The van der Waals surface area contributed by atoms with Crippen LogP contribution < -0.4 is 0 Å². The van der Waals surface area contributed by atoms with Crippen LogP contribution in [0.1, 0.15) is 18.4 Å². The number of hydrogen-bond acceptors (Lipinski definition) is 1. The van der Waals surface area contributed by atoms with E-state index in [9.17, 15) is 4.39 Å². The quantitative estimate of drug-likeness (QED) is 0.628. The molecule has 2 heteroatoms. The molecule has 0 radical (unpaired) electrons. The second-order valence-electron chi connectivity index (χ2n) is 2.64. The van der Waals surface area contributed by atoms with Gasteiger partial charge in [0.05, 0.1) is 6.07 Å². The van der Waals surface area contributed by atoms with E-state index in [1.165, 1.54) is 12.1 Å². The maximum Gasteiger partial charge on any atom is 0.123 e. The third-order valence-corrected chi connectivity index (χ3v) is 1.64. The van der Waals surface area contributed by atoms with E-state index in [1.807, 2.05) is 6.07 Å². The standard InChI is InChI=1S/C10H10FN/c11-10-6-3-5-9(8-10)4-1-2-7-12/h3,5-6,8H,1-2,4H2. The third-order valence-electron chi connectivity index (χ3n) is 1.64. The summed E-state index contributed by atoms with van der Waals surface area (Å²) in [6.45, 7) is 0. The number of aryl methyl sites for hydroxylation is 1. The van der Waals surface area contributed by atoms with Gasteiger partial charge in [-0.25, -0.2) is 4.39 Å². The first kappa shape index (κ1) is 8.73. The topological polar surface area (TPSA) is 23.8 Å². The van der Waals surface area contributed by atoms with Crippen molar-refractivity contribution in [1.29, 1.82) is 5.26 Å². The molecule has 1 aromatic rings. The van der Waals surface area contributed by atoms with E-state index >= 15 is 0 Å². The molecule has 0 saturated carbocycles. The molecule has 0 bridgehead atoms. The average molecular weight is 163 g/mol. The fourth-order valence-electron chi connectivity index (χ4n) is 1.06. The van der Waals surface area contributed by atoms with Gasteiger partial charge in [0, 0.05) is 6.42 Å². The number of nitrogens with zero attached hydrogens (tertiary/aromatic N) is 1. The molecule has 0 heterocycles. The summed E-state index contributed by atoms with van der Waals surface area (Å²) >= 11 is 0. The Morgan fingerprint density at radius 1 is 1.42 bits per heavy atom. The summed E-state index contributed by atoms with van der Waals surface area (Å²) in [5, 5.41) is 8.27. The third kappa shape index (κ3) is 2.71. The van der Waals surface area contributed by atoms with Gasteiger partial charge in [-0.1, -0.05) is 12.1 Å². The van der Waals surface area contributed by atoms with Gasteiger partial charge >= 0.3 is 0 Å². The molecule has 0 amide bonds. The summed E-state index contributed by atoms with van der Waals surface area (Å²) in [7, 11) is 0. The highest BCUT2D eigenvalue weighted by molar-refractivity contribution is 5.16. The minimum atomic E-state index is -0.204. The molecule has 0 aromatic heterocycles. The van der Waals surface area contributed by atoms with Crippen LogP contribution in [-0.4, -0.2) is 0 Å². The first-order valence-corrected chi connectivity index (χ1v) is 3.94. The molecule has 1 aromatic carbocycles. The van der Waals surface area contributed by atoms with Crippen LogP contribution in [0.4, 0.5) is 4.39 Å². The first-order valence-electron chi connectivity index (χ1n) is 3.94. The van der Waals surface area contributed by atoms with Crippen LogP contribution in [-0.2, 0) is 6.42 Å². The van der Waals surface area contributed by atoms with Crippen LogP contribution in [0.5, 0.6) is 0 Å². The van der Waals surface area contributed by atoms with Crippen molar-refractivity contribution in [3.05, 3.63) is 35.6 Å². The minimum Gasteiger partial charge on any atom is -0.207 e. The zero-order valence-electron chi connectivity index (χ0n) is 6.76. The average Bonchev–Trinajstić information content (AvgIpc) is 2.05. The summed E-state index contributed by atoms with van der Waals surface area (Å²) in [4.78, 5) is 0. The highest BCUT2D eigenvalue weighted by Crippen LogP contribution is 2.06. The highest BCUT2D eigenvalue weighted by atomic mass is 19.1. The van der Waals surface area contributed by atoms with E-state index in [0.29, 0.717) is 6.42 Å². The lowest BCUT2D eigenvalue weighted by molar-refractivity contribution is 0.624. The van der Waals surface area contributed by atoms with Crippen molar-refractivity contribution < 1.29 is 4.39 Å². The van der Waals surface area contributed by atoms with Gasteiger partial charge in [0.15, 0.2) is 0 Å². The number of halogens is 1. The van der Waals surface area contributed by atoms with Gasteiger partial charge in [-0.15, -0.1) is 0 Å². The fourth-order valence-corrected chi connectivity index (χ4v) is 1.06. The molecule has 1 nitrogen and oxygen atoms in total. The van der Waals surface area contributed by atoms with Gasteiger partial charge in [0.2, 0.25) is 0 Å². The van der Waals surface area contributed by atoms with Crippen molar-refractivity contribution in [2.75, 3.05) is 0 Å². The Bertz CT molecular complexity index is 288. The predicted molar refractivity (Wildman–Crippen MR) is 45.0 cm³/mol. The van der Waals surface area contributed by atoms with Crippen molar-refractivity contribution in [1.82, 2.24) is 0 Å². The molecule has 1 rings (SSSR count). The Hall–Kier alpha value is -1.36. The molecule has 0 unspecified atom stereocenters. The van der Waals surface area contributed by atoms with Gasteiger partial charge in [-0.2, -0.15) is 5.26 Å². The fraction of sp³-hybridized carbons (Fsp3) is 0.300. The van der Waals surface area contributed by atoms with E-state index in [2.05, 4.69) is 6.07 Å². The summed E-state index contributed by atoms with van der Waals surface area (Å²) < 4.78 is 12.6. The summed E-state index contributed by atoms with van der Waals surface area (Å²) in [5.41, 5.74) is 0.963. The maximum absolute atomic E-state index is 12.6. The molecule has 0 N–H and O–H groups in total. The number of benzene rings is 1. The Kier molecular flexibility index (Phi) is 3.28. The number of nitriles is 1. The van der Waals surface area contributed by atoms with Gasteiger partial charge in [-0.05, 0) is 30.5 Å². The molecule has 0 fully saturated rings. The van der Waals surface area contributed by atoms with Crippen LogP contribution in [0.25, 0.3) is 0 Å². The zero-order valence-corrected chi connectivity index (χ0v) is 6.76. The lowest BCUT2D eigenvalue weighted by atomic mass is 10.1. The predicted octanol–water partition coefficient (Wildman–Crippen LogP) is 2.67. The largest absolute Gasteiger partial charge is 0.207 e.